The van der Waals surface area contributed by atoms with E-state index in [4.69, 9.17) is 11.6 Å². The summed E-state index contributed by atoms with van der Waals surface area (Å²) >= 11 is 5.91. The van der Waals surface area contributed by atoms with Gasteiger partial charge in [0, 0.05) is 43.8 Å². The van der Waals surface area contributed by atoms with Crippen molar-refractivity contribution in [3.63, 3.8) is 0 Å². The van der Waals surface area contributed by atoms with E-state index in [0.717, 1.165) is 32.2 Å². The number of carbonyl (C=O) groups excluding carboxylic acids is 2. The van der Waals surface area contributed by atoms with Gasteiger partial charge in [-0.1, -0.05) is 17.7 Å². The van der Waals surface area contributed by atoms with E-state index in [1.807, 2.05) is 11.8 Å². The van der Waals surface area contributed by atoms with Crippen molar-refractivity contribution >= 4 is 23.4 Å². The molecule has 2 amide bonds. The summed E-state index contributed by atoms with van der Waals surface area (Å²) in [5, 5.41) is 10.9. The van der Waals surface area contributed by atoms with Gasteiger partial charge in [0.1, 0.15) is 11.5 Å². The van der Waals surface area contributed by atoms with Crippen molar-refractivity contribution in [1.29, 1.82) is 0 Å². The van der Waals surface area contributed by atoms with E-state index in [0.29, 0.717) is 43.1 Å². The van der Waals surface area contributed by atoms with Crippen LogP contribution in [0.2, 0.25) is 5.02 Å². The van der Waals surface area contributed by atoms with Crippen LogP contribution in [0.15, 0.2) is 23.0 Å². The van der Waals surface area contributed by atoms with Gasteiger partial charge in [-0.15, -0.1) is 0 Å². The quantitative estimate of drug-likeness (QED) is 0.658. The topological polar surface area (TPSA) is 86.1 Å². The zero-order chi connectivity index (χ0) is 26.0. The fourth-order valence-corrected chi connectivity index (χ4v) is 6.83. The van der Waals surface area contributed by atoms with E-state index in [2.05, 4.69) is 4.90 Å². The molecule has 3 unspecified atom stereocenters. The molecule has 4 aliphatic heterocycles. The lowest BCUT2D eigenvalue weighted by atomic mass is 9.92. The summed E-state index contributed by atoms with van der Waals surface area (Å²) in [6, 6.07) is 4.50. The smallest absolute Gasteiger partial charge is 0.294 e. The molecule has 0 aliphatic carbocycles. The second kappa shape index (κ2) is 9.13. The van der Waals surface area contributed by atoms with E-state index in [-0.39, 0.29) is 40.9 Å². The first-order chi connectivity index (χ1) is 17.8. The third kappa shape index (κ3) is 3.85. The average Bonchev–Trinajstić information content (AvgIpc) is 3.23. The summed E-state index contributed by atoms with van der Waals surface area (Å²) in [5.41, 5.74) is 0.516. The van der Waals surface area contributed by atoms with Crippen LogP contribution in [0.5, 0.6) is 5.75 Å². The van der Waals surface area contributed by atoms with Crippen molar-refractivity contribution < 1.29 is 19.1 Å². The minimum atomic E-state index is -0.705. The van der Waals surface area contributed by atoms with Crippen LogP contribution in [-0.2, 0) is 13.0 Å². The van der Waals surface area contributed by atoms with Gasteiger partial charge in [0.15, 0.2) is 5.75 Å². The highest BCUT2D eigenvalue weighted by Crippen LogP contribution is 2.39. The molecule has 0 saturated carbocycles. The minimum absolute atomic E-state index is 0.0143. The van der Waals surface area contributed by atoms with E-state index in [1.54, 1.807) is 6.07 Å². The Labute approximate surface area is 219 Å². The minimum Gasteiger partial charge on any atom is -0.502 e. The van der Waals surface area contributed by atoms with Crippen molar-refractivity contribution in [3.8, 4) is 5.75 Å². The summed E-state index contributed by atoms with van der Waals surface area (Å²) in [5.74, 6) is -1.91. The van der Waals surface area contributed by atoms with E-state index < -0.39 is 23.0 Å². The molecule has 10 heteroatoms. The van der Waals surface area contributed by atoms with Crippen molar-refractivity contribution in [1.82, 2.24) is 19.3 Å². The van der Waals surface area contributed by atoms with Crippen molar-refractivity contribution in [2.24, 2.45) is 0 Å². The van der Waals surface area contributed by atoms with Gasteiger partial charge in [-0.05, 0) is 63.1 Å². The summed E-state index contributed by atoms with van der Waals surface area (Å²) in [6.07, 6.45) is 5.00. The lowest BCUT2D eigenvalue weighted by Gasteiger charge is -2.50. The maximum absolute atomic E-state index is 14.1. The van der Waals surface area contributed by atoms with Crippen LogP contribution >= 0.6 is 11.6 Å². The molecule has 0 bridgehead atoms. The monoisotopic (exact) mass is 528 g/mol. The van der Waals surface area contributed by atoms with Crippen LogP contribution in [0.4, 0.5) is 4.39 Å². The van der Waals surface area contributed by atoms with Crippen LogP contribution in [0.25, 0.3) is 0 Å². The second-order valence-corrected chi connectivity index (χ2v) is 11.1. The zero-order valence-corrected chi connectivity index (χ0v) is 21.5. The first kappa shape index (κ1) is 24.4. The summed E-state index contributed by atoms with van der Waals surface area (Å²) in [7, 11) is 0. The standard InChI is InChI=1S/C27H30ClFN4O4/c1-15-4-2-10-32(21-13-17-5-3-9-31(17)21)26(36)23-18-8-11-30(14-16-6-7-20(29)19(28)12-16)25(35)22(18)24(34)27(37)33(15)23/h6-7,12,15,17,21,34H,2-5,8-11,13-14H2,1H3. The lowest BCUT2D eigenvalue weighted by molar-refractivity contribution is -0.0466. The van der Waals surface area contributed by atoms with Crippen molar-refractivity contribution in [2.75, 3.05) is 19.6 Å². The normalized spacial score (nSPS) is 25.8. The van der Waals surface area contributed by atoms with Gasteiger partial charge in [0.2, 0.25) is 0 Å². The Balaban J connectivity index is 1.40. The molecular formula is C27H30ClFN4O4. The number of hydrogen-bond donors (Lipinski definition) is 1. The number of carbonyl (C=O) groups is 2. The lowest BCUT2D eigenvalue weighted by Crippen LogP contribution is -2.63. The molecule has 0 spiro atoms. The molecule has 2 saturated heterocycles. The Morgan fingerprint density at radius 1 is 1.08 bits per heavy atom. The van der Waals surface area contributed by atoms with Gasteiger partial charge in [-0.3, -0.25) is 23.9 Å². The molecule has 1 aromatic carbocycles. The Bertz CT molecular complexity index is 1360. The predicted octanol–water partition coefficient (Wildman–Crippen LogP) is 3.54. The third-order valence-corrected chi connectivity index (χ3v) is 8.84. The van der Waals surface area contributed by atoms with Gasteiger partial charge in [0.25, 0.3) is 17.4 Å². The largest absolute Gasteiger partial charge is 0.502 e. The Morgan fingerprint density at radius 3 is 2.62 bits per heavy atom. The maximum atomic E-state index is 14.1. The highest BCUT2D eigenvalue weighted by atomic mass is 35.5. The fourth-order valence-electron chi connectivity index (χ4n) is 6.63. The first-order valence-electron chi connectivity index (χ1n) is 13.1. The predicted molar refractivity (Wildman–Crippen MR) is 135 cm³/mol. The molecule has 5 heterocycles. The van der Waals surface area contributed by atoms with Crippen LogP contribution < -0.4 is 5.56 Å². The third-order valence-electron chi connectivity index (χ3n) is 8.55. The molecule has 4 aliphatic rings. The Morgan fingerprint density at radius 2 is 1.86 bits per heavy atom. The highest BCUT2D eigenvalue weighted by molar-refractivity contribution is 6.30. The maximum Gasteiger partial charge on any atom is 0.294 e. The van der Waals surface area contributed by atoms with Gasteiger partial charge >= 0.3 is 0 Å². The molecule has 1 aromatic heterocycles. The number of pyridine rings is 1. The van der Waals surface area contributed by atoms with E-state index in [9.17, 15) is 23.9 Å². The summed E-state index contributed by atoms with van der Waals surface area (Å²) < 4.78 is 15.0. The van der Waals surface area contributed by atoms with Gasteiger partial charge in [-0.25, -0.2) is 4.39 Å². The van der Waals surface area contributed by atoms with Gasteiger partial charge in [-0.2, -0.15) is 0 Å². The Hall–Kier alpha value is -2.91. The molecule has 6 rings (SSSR count). The number of halogens is 2. The molecule has 37 heavy (non-hydrogen) atoms. The number of amides is 2. The highest BCUT2D eigenvalue weighted by Gasteiger charge is 2.47. The fraction of sp³-hybridized carbons (Fsp3) is 0.519. The Kier molecular flexibility index (Phi) is 6.03. The van der Waals surface area contributed by atoms with Gasteiger partial charge in [0.05, 0.1) is 16.8 Å². The number of nitrogens with zero attached hydrogens (tertiary/aromatic N) is 4. The summed E-state index contributed by atoms with van der Waals surface area (Å²) in [4.78, 5) is 46.9. The number of fused-ring (bicyclic) bond motifs is 4. The molecule has 2 aromatic rings. The molecule has 0 radical (unpaired) electrons. The first-order valence-corrected chi connectivity index (χ1v) is 13.4. The number of aromatic nitrogens is 1. The molecule has 2 fully saturated rings. The van der Waals surface area contributed by atoms with E-state index >= 15 is 0 Å². The molecule has 8 nitrogen and oxygen atoms in total. The molecule has 1 N–H and O–H groups in total. The summed E-state index contributed by atoms with van der Waals surface area (Å²) in [6.45, 7) is 3.90. The number of hydrogen-bond acceptors (Lipinski definition) is 5. The average molecular weight is 529 g/mol. The number of benzene rings is 1. The van der Waals surface area contributed by atoms with Gasteiger partial charge < -0.3 is 14.9 Å². The van der Waals surface area contributed by atoms with Crippen LogP contribution in [0.3, 0.4) is 0 Å². The molecular weight excluding hydrogens is 499 g/mol. The van der Waals surface area contributed by atoms with E-state index in [1.165, 1.54) is 21.6 Å². The SMILES string of the molecule is CC1CCCN(C2CC3CCCN32)C(=O)c2c3c(c(O)c(=O)n21)C(=O)N(Cc1ccc(F)c(Cl)c1)CC3. The second-order valence-electron chi connectivity index (χ2n) is 10.7. The van der Waals surface area contributed by atoms with Crippen LogP contribution in [-0.4, -0.2) is 68.0 Å². The van der Waals surface area contributed by atoms with Crippen LogP contribution in [0.1, 0.15) is 77.0 Å². The van der Waals surface area contributed by atoms with Crippen molar-refractivity contribution in [3.05, 3.63) is 61.8 Å². The van der Waals surface area contributed by atoms with Crippen molar-refractivity contribution in [2.45, 2.75) is 70.2 Å². The van der Waals surface area contributed by atoms with Crippen LogP contribution in [0, 0.1) is 5.82 Å². The number of rotatable bonds is 3. The molecule has 3 atom stereocenters. The zero-order valence-electron chi connectivity index (χ0n) is 20.8. The molecule has 196 valence electrons. The number of aromatic hydroxyl groups is 1.